The van der Waals surface area contributed by atoms with Crippen molar-refractivity contribution in [3.05, 3.63) is 18.1 Å². The Morgan fingerprint density at radius 2 is 2.33 bits per heavy atom. The first-order valence-corrected chi connectivity index (χ1v) is 6.63. The van der Waals surface area contributed by atoms with E-state index >= 15 is 0 Å². The molecule has 0 spiro atoms. The van der Waals surface area contributed by atoms with Crippen molar-refractivity contribution >= 4 is 16.9 Å². The van der Waals surface area contributed by atoms with E-state index in [9.17, 15) is 10.2 Å². The van der Waals surface area contributed by atoms with Gasteiger partial charge in [-0.1, -0.05) is 5.92 Å². The molecule has 21 heavy (non-hydrogen) atoms. The number of aromatic nitrogens is 3. The fourth-order valence-electron chi connectivity index (χ4n) is 2.61. The Morgan fingerprint density at radius 3 is 3.00 bits per heavy atom. The summed E-state index contributed by atoms with van der Waals surface area (Å²) in [7, 11) is 0. The zero-order valence-electron chi connectivity index (χ0n) is 11.5. The molecule has 3 rings (SSSR count). The molecule has 7 heteroatoms. The molecular formula is C14H16N4O3. The van der Waals surface area contributed by atoms with Crippen LogP contribution in [0.15, 0.2) is 12.5 Å². The number of anilines is 1. The van der Waals surface area contributed by atoms with Crippen molar-refractivity contribution < 1.29 is 14.9 Å². The molecule has 2 aromatic rings. The average molecular weight is 288 g/mol. The molecule has 3 atom stereocenters. The van der Waals surface area contributed by atoms with Crippen LogP contribution in [0.25, 0.3) is 11.0 Å². The second kappa shape index (κ2) is 5.33. The number of fused-ring (bicyclic) bond motifs is 1. The number of hydrogen-bond acceptors (Lipinski definition) is 6. The van der Waals surface area contributed by atoms with Crippen LogP contribution in [0.1, 0.15) is 25.1 Å². The Hall–Kier alpha value is -2.14. The molecule has 110 valence electrons. The fourth-order valence-corrected chi connectivity index (χ4v) is 2.61. The number of hydrogen-bond donors (Lipinski definition) is 3. The molecule has 4 N–H and O–H groups in total. The van der Waals surface area contributed by atoms with Gasteiger partial charge in [0.05, 0.1) is 23.7 Å². The van der Waals surface area contributed by atoms with E-state index in [1.807, 2.05) is 0 Å². The molecule has 0 bridgehead atoms. The highest BCUT2D eigenvalue weighted by Crippen LogP contribution is 2.33. The zero-order chi connectivity index (χ0) is 15.0. The van der Waals surface area contributed by atoms with E-state index in [1.165, 1.54) is 6.33 Å². The number of aliphatic hydroxyl groups is 2. The highest BCUT2D eigenvalue weighted by atomic mass is 16.5. The molecule has 0 aliphatic carbocycles. The standard InChI is InChI=1S/C14H16N4O3/c1-2-3-8-5-18(11-4-9(20)10(6-19)21-11)14-12(8)13(15)16-7-17-14/h5,7,9-11,19-20H,4,6H2,1H3,(H2,15,16,17). The van der Waals surface area contributed by atoms with Crippen LogP contribution in [-0.4, -0.2) is 43.6 Å². The van der Waals surface area contributed by atoms with Crippen LogP contribution < -0.4 is 5.73 Å². The van der Waals surface area contributed by atoms with Gasteiger partial charge in [0.15, 0.2) is 0 Å². The quantitative estimate of drug-likeness (QED) is 0.673. The Labute approximate surface area is 121 Å². The summed E-state index contributed by atoms with van der Waals surface area (Å²) < 4.78 is 7.45. The van der Waals surface area contributed by atoms with Crippen LogP contribution in [0.5, 0.6) is 0 Å². The molecule has 0 amide bonds. The van der Waals surface area contributed by atoms with Crippen molar-refractivity contribution in [1.29, 1.82) is 0 Å². The van der Waals surface area contributed by atoms with Gasteiger partial charge in [-0.15, -0.1) is 5.92 Å². The number of aliphatic hydroxyl groups excluding tert-OH is 2. The molecule has 1 saturated heterocycles. The Kier molecular flexibility index (Phi) is 3.51. The molecule has 2 aromatic heterocycles. The molecule has 7 nitrogen and oxygen atoms in total. The van der Waals surface area contributed by atoms with Gasteiger partial charge in [-0.25, -0.2) is 9.97 Å². The minimum Gasteiger partial charge on any atom is -0.394 e. The van der Waals surface area contributed by atoms with Crippen molar-refractivity contribution in [1.82, 2.24) is 14.5 Å². The highest BCUT2D eigenvalue weighted by molar-refractivity contribution is 5.92. The average Bonchev–Trinajstić information content (AvgIpc) is 3.01. The van der Waals surface area contributed by atoms with Crippen molar-refractivity contribution in [3.8, 4) is 11.8 Å². The van der Waals surface area contributed by atoms with Crippen LogP contribution in [0.4, 0.5) is 5.82 Å². The van der Waals surface area contributed by atoms with Crippen molar-refractivity contribution in [2.75, 3.05) is 12.3 Å². The maximum absolute atomic E-state index is 9.87. The summed E-state index contributed by atoms with van der Waals surface area (Å²) in [4.78, 5) is 8.24. The van der Waals surface area contributed by atoms with Gasteiger partial charge in [0.1, 0.15) is 30.1 Å². The van der Waals surface area contributed by atoms with Crippen LogP contribution in [-0.2, 0) is 4.74 Å². The van der Waals surface area contributed by atoms with Crippen molar-refractivity contribution in [2.45, 2.75) is 31.8 Å². The summed E-state index contributed by atoms with van der Waals surface area (Å²) in [5, 5.41) is 19.7. The number of nitrogens with two attached hydrogens (primary N) is 1. The van der Waals surface area contributed by atoms with Gasteiger partial charge in [0.25, 0.3) is 0 Å². The highest BCUT2D eigenvalue weighted by Gasteiger charge is 2.35. The largest absolute Gasteiger partial charge is 0.394 e. The lowest BCUT2D eigenvalue weighted by Crippen LogP contribution is -2.24. The molecule has 0 aromatic carbocycles. The maximum atomic E-state index is 9.87. The van der Waals surface area contributed by atoms with Crippen molar-refractivity contribution in [3.63, 3.8) is 0 Å². The Balaban J connectivity index is 2.11. The van der Waals surface area contributed by atoms with Gasteiger partial charge in [-0.05, 0) is 6.92 Å². The van der Waals surface area contributed by atoms with Crippen LogP contribution >= 0.6 is 0 Å². The molecule has 3 heterocycles. The number of nitrogen functional groups attached to an aromatic ring is 1. The molecule has 1 aliphatic heterocycles. The number of ether oxygens (including phenoxy) is 1. The normalized spacial score (nSPS) is 25.0. The summed E-state index contributed by atoms with van der Waals surface area (Å²) in [6.45, 7) is 1.51. The minimum absolute atomic E-state index is 0.227. The van der Waals surface area contributed by atoms with E-state index < -0.39 is 18.4 Å². The van der Waals surface area contributed by atoms with E-state index in [-0.39, 0.29) is 6.61 Å². The van der Waals surface area contributed by atoms with Crippen molar-refractivity contribution in [2.24, 2.45) is 0 Å². The number of nitrogens with zero attached hydrogens (tertiary/aromatic N) is 3. The van der Waals surface area contributed by atoms with Crippen LogP contribution in [0, 0.1) is 11.8 Å². The van der Waals surface area contributed by atoms with E-state index in [2.05, 4.69) is 21.8 Å². The molecule has 1 fully saturated rings. The lowest BCUT2D eigenvalue weighted by molar-refractivity contribution is -0.0430. The van der Waals surface area contributed by atoms with Crippen LogP contribution in [0.2, 0.25) is 0 Å². The smallest absolute Gasteiger partial charge is 0.148 e. The van der Waals surface area contributed by atoms with Gasteiger partial charge in [-0.3, -0.25) is 0 Å². The second-order valence-corrected chi connectivity index (χ2v) is 4.90. The van der Waals surface area contributed by atoms with E-state index in [1.54, 1.807) is 17.7 Å². The molecule has 3 unspecified atom stereocenters. The van der Waals surface area contributed by atoms with E-state index in [0.717, 1.165) is 5.56 Å². The summed E-state index contributed by atoms with van der Waals surface area (Å²) in [5.74, 6) is 6.16. The van der Waals surface area contributed by atoms with Gasteiger partial charge in [0.2, 0.25) is 0 Å². The predicted octanol–water partition coefficient (Wildman–Crippen LogP) is 0.0256. The van der Waals surface area contributed by atoms with Gasteiger partial charge in [0, 0.05) is 12.6 Å². The topological polar surface area (TPSA) is 106 Å². The third-order valence-electron chi connectivity index (χ3n) is 3.59. The van der Waals surface area contributed by atoms with Crippen LogP contribution in [0.3, 0.4) is 0 Å². The Bertz CT molecular complexity index is 731. The zero-order valence-corrected chi connectivity index (χ0v) is 11.5. The molecule has 0 saturated carbocycles. The maximum Gasteiger partial charge on any atom is 0.148 e. The third-order valence-corrected chi connectivity index (χ3v) is 3.59. The lowest BCUT2D eigenvalue weighted by Gasteiger charge is -2.14. The van der Waals surface area contributed by atoms with E-state index in [0.29, 0.717) is 23.3 Å². The van der Waals surface area contributed by atoms with Gasteiger partial charge >= 0.3 is 0 Å². The fraction of sp³-hybridized carbons (Fsp3) is 0.429. The summed E-state index contributed by atoms with van der Waals surface area (Å²) >= 11 is 0. The molecule has 1 aliphatic rings. The van der Waals surface area contributed by atoms with Gasteiger partial charge in [-0.2, -0.15) is 0 Å². The number of rotatable bonds is 2. The first-order chi connectivity index (χ1) is 10.2. The summed E-state index contributed by atoms with van der Waals surface area (Å²) in [6, 6.07) is 0. The summed E-state index contributed by atoms with van der Waals surface area (Å²) in [5.41, 5.74) is 7.24. The van der Waals surface area contributed by atoms with Gasteiger partial charge < -0.3 is 25.3 Å². The molecular weight excluding hydrogens is 272 g/mol. The Morgan fingerprint density at radius 1 is 1.52 bits per heavy atom. The second-order valence-electron chi connectivity index (χ2n) is 4.90. The third kappa shape index (κ3) is 2.23. The summed E-state index contributed by atoms with van der Waals surface area (Å²) in [6.07, 6.45) is 1.83. The van der Waals surface area contributed by atoms with E-state index in [4.69, 9.17) is 10.5 Å². The molecule has 0 radical (unpaired) electrons. The minimum atomic E-state index is -0.711. The monoisotopic (exact) mass is 288 g/mol. The SMILES string of the molecule is CC#Cc1cn(C2CC(O)C(CO)O2)c2ncnc(N)c12. The first-order valence-electron chi connectivity index (χ1n) is 6.63. The lowest BCUT2D eigenvalue weighted by atomic mass is 10.2. The first kappa shape index (κ1) is 13.8. The predicted molar refractivity (Wildman–Crippen MR) is 76.1 cm³/mol.